The lowest BCUT2D eigenvalue weighted by atomic mass is 10.2. The van der Waals surface area contributed by atoms with Crippen molar-refractivity contribution in [3.63, 3.8) is 0 Å². The molecule has 0 spiro atoms. The monoisotopic (exact) mass is 321 g/mol. The van der Waals surface area contributed by atoms with Crippen molar-refractivity contribution >= 4 is 17.7 Å². The molecular weight excluding hydrogens is 298 g/mol. The number of anilines is 1. The SMILES string of the molecule is COC(=O)NC(=O)[C@@H](C)N1CCN(c2ccccc2OC)CC1. The molecule has 1 heterocycles. The first-order valence-electron chi connectivity index (χ1n) is 7.57. The summed E-state index contributed by atoms with van der Waals surface area (Å²) in [6.07, 6.45) is -0.727. The van der Waals surface area contributed by atoms with Crippen molar-refractivity contribution in [1.82, 2.24) is 10.2 Å². The molecule has 0 bridgehead atoms. The van der Waals surface area contributed by atoms with Gasteiger partial charge in [0.1, 0.15) is 5.75 Å². The van der Waals surface area contributed by atoms with E-state index in [4.69, 9.17) is 4.74 Å². The molecule has 0 aliphatic carbocycles. The summed E-state index contributed by atoms with van der Waals surface area (Å²) in [7, 11) is 2.90. The van der Waals surface area contributed by atoms with E-state index in [1.165, 1.54) is 7.11 Å². The second-order valence-electron chi connectivity index (χ2n) is 5.35. The van der Waals surface area contributed by atoms with E-state index in [0.717, 1.165) is 37.6 Å². The predicted molar refractivity (Wildman–Crippen MR) is 86.8 cm³/mol. The van der Waals surface area contributed by atoms with Crippen LogP contribution < -0.4 is 15.0 Å². The molecule has 1 aromatic carbocycles. The van der Waals surface area contributed by atoms with Crippen LogP contribution in [0.4, 0.5) is 10.5 Å². The number of nitrogens with one attached hydrogen (secondary N) is 1. The zero-order valence-corrected chi connectivity index (χ0v) is 13.7. The third-order valence-corrected chi connectivity index (χ3v) is 4.08. The summed E-state index contributed by atoms with van der Waals surface area (Å²) in [4.78, 5) is 27.4. The minimum Gasteiger partial charge on any atom is -0.495 e. The van der Waals surface area contributed by atoms with Gasteiger partial charge >= 0.3 is 6.09 Å². The number of imide groups is 1. The van der Waals surface area contributed by atoms with Crippen LogP contribution in [-0.4, -0.2) is 63.3 Å². The summed E-state index contributed by atoms with van der Waals surface area (Å²) in [5.74, 6) is 0.500. The van der Waals surface area contributed by atoms with Crippen LogP contribution in [0, 0.1) is 0 Å². The van der Waals surface area contributed by atoms with Gasteiger partial charge in [0.15, 0.2) is 0 Å². The minimum absolute atomic E-state index is 0.345. The van der Waals surface area contributed by atoms with Crippen molar-refractivity contribution in [2.75, 3.05) is 45.3 Å². The highest BCUT2D eigenvalue weighted by Crippen LogP contribution is 2.28. The lowest BCUT2D eigenvalue weighted by Gasteiger charge is -2.38. The van der Waals surface area contributed by atoms with Gasteiger partial charge < -0.3 is 14.4 Å². The Morgan fingerprint density at radius 1 is 1.13 bits per heavy atom. The predicted octanol–water partition coefficient (Wildman–Crippen LogP) is 1.09. The Hall–Kier alpha value is -2.28. The normalized spacial score (nSPS) is 16.6. The van der Waals surface area contributed by atoms with Crippen LogP contribution in [0.25, 0.3) is 0 Å². The van der Waals surface area contributed by atoms with E-state index in [0.29, 0.717) is 0 Å². The molecule has 1 aromatic rings. The zero-order valence-electron chi connectivity index (χ0n) is 13.7. The molecule has 1 aliphatic heterocycles. The molecule has 7 nitrogen and oxygen atoms in total. The van der Waals surface area contributed by atoms with Crippen LogP contribution in [0.2, 0.25) is 0 Å². The lowest BCUT2D eigenvalue weighted by molar-refractivity contribution is -0.125. The Labute approximate surface area is 136 Å². The van der Waals surface area contributed by atoms with Crippen molar-refractivity contribution in [1.29, 1.82) is 0 Å². The Morgan fingerprint density at radius 2 is 1.78 bits per heavy atom. The standard InChI is InChI=1S/C16H23N3O4/c1-12(15(20)17-16(21)23-3)18-8-10-19(11-9-18)13-6-4-5-7-14(13)22-2/h4-7,12H,8-11H2,1-3H3,(H,17,20,21)/t12-/m1/s1. The maximum Gasteiger partial charge on any atom is 0.413 e. The molecule has 23 heavy (non-hydrogen) atoms. The van der Waals surface area contributed by atoms with Gasteiger partial charge in [-0.05, 0) is 19.1 Å². The van der Waals surface area contributed by atoms with E-state index >= 15 is 0 Å². The van der Waals surface area contributed by atoms with Crippen molar-refractivity contribution in [3.05, 3.63) is 24.3 Å². The molecule has 7 heteroatoms. The van der Waals surface area contributed by atoms with E-state index < -0.39 is 6.09 Å². The fourth-order valence-corrected chi connectivity index (χ4v) is 2.66. The third-order valence-electron chi connectivity index (χ3n) is 4.08. The number of rotatable bonds is 4. The summed E-state index contributed by atoms with van der Waals surface area (Å²) in [5, 5.41) is 2.21. The van der Waals surface area contributed by atoms with E-state index in [9.17, 15) is 9.59 Å². The van der Waals surface area contributed by atoms with Crippen LogP contribution >= 0.6 is 0 Å². The molecular formula is C16H23N3O4. The van der Waals surface area contributed by atoms with Gasteiger partial charge in [-0.15, -0.1) is 0 Å². The van der Waals surface area contributed by atoms with E-state index in [2.05, 4.69) is 15.0 Å². The Bertz CT molecular complexity index is 556. The first-order valence-corrected chi connectivity index (χ1v) is 7.57. The average Bonchev–Trinajstić information content (AvgIpc) is 2.60. The number of nitrogens with zero attached hydrogens (tertiary/aromatic N) is 2. The number of methoxy groups -OCH3 is 2. The zero-order chi connectivity index (χ0) is 16.8. The van der Waals surface area contributed by atoms with Crippen molar-refractivity contribution in [3.8, 4) is 5.75 Å². The highest BCUT2D eigenvalue weighted by atomic mass is 16.5. The summed E-state index contributed by atoms with van der Waals surface area (Å²) in [5.41, 5.74) is 1.06. The smallest absolute Gasteiger partial charge is 0.413 e. The van der Waals surface area contributed by atoms with Gasteiger partial charge in [0, 0.05) is 26.2 Å². The fourth-order valence-electron chi connectivity index (χ4n) is 2.66. The van der Waals surface area contributed by atoms with E-state index in [-0.39, 0.29) is 11.9 Å². The van der Waals surface area contributed by atoms with Gasteiger partial charge in [0.05, 0.1) is 25.9 Å². The largest absolute Gasteiger partial charge is 0.495 e. The molecule has 1 N–H and O–H groups in total. The second-order valence-corrected chi connectivity index (χ2v) is 5.35. The Balaban J connectivity index is 1.93. The van der Waals surface area contributed by atoms with Gasteiger partial charge in [-0.2, -0.15) is 0 Å². The number of alkyl carbamates (subject to hydrolysis) is 1. The second kappa shape index (κ2) is 7.82. The van der Waals surface area contributed by atoms with Crippen LogP contribution in [-0.2, 0) is 9.53 Å². The van der Waals surface area contributed by atoms with Crippen LogP contribution in [0.5, 0.6) is 5.75 Å². The molecule has 0 saturated carbocycles. The number of amides is 2. The number of para-hydroxylation sites is 2. The lowest BCUT2D eigenvalue weighted by Crippen LogP contribution is -2.54. The van der Waals surface area contributed by atoms with Crippen LogP contribution in [0.3, 0.4) is 0 Å². The molecule has 0 unspecified atom stereocenters. The van der Waals surface area contributed by atoms with Crippen LogP contribution in [0.1, 0.15) is 6.92 Å². The highest BCUT2D eigenvalue weighted by molar-refractivity contribution is 5.94. The van der Waals surface area contributed by atoms with Gasteiger partial charge in [0.25, 0.3) is 0 Å². The Kier molecular flexibility index (Phi) is 5.81. The van der Waals surface area contributed by atoms with E-state index in [1.54, 1.807) is 14.0 Å². The van der Waals surface area contributed by atoms with Gasteiger partial charge in [-0.25, -0.2) is 4.79 Å². The maximum absolute atomic E-state index is 12.0. The summed E-state index contributed by atoms with van der Waals surface area (Å²) in [6, 6.07) is 7.51. The molecule has 2 amide bonds. The minimum atomic E-state index is -0.727. The summed E-state index contributed by atoms with van der Waals surface area (Å²) in [6.45, 7) is 4.82. The van der Waals surface area contributed by atoms with Gasteiger partial charge in [-0.3, -0.25) is 15.0 Å². The number of carbonyl (C=O) groups is 2. The first-order chi connectivity index (χ1) is 11.1. The molecule has 0 aromatic heterocycles. The number of hydrogen-bond acceptors (Lipinski definition) is 6. The molecule has 1 atom stereocenters. The average molecular weight is 321 g/mol. The van der Waals surface area contributed by atoms with E-state index in [1.807, 2.05) is 29.2 Å². The van der Waals surface area contributed by atoms with Crippen LogP contribution in [0.15, 0.2) is 24.3 Å². The summed E-state index contributed by atoms with van der Waals surface area (Å²) >= 11 is 0. The van der Waals surface area contributed by atoms with Crippen molar-refractivity contribution in [2.45, 2.75) is 13.0 Å². The fraction of sp³-hybridized carbons (Fsp3) is 0.500. The Morgan fingerprint density at radius 3 is 2.39 bits per heavy atom. The molecule has 1 aliphatic rings. The number of ether oxygens (including phenoxy) is 2. The maximum atomic E-state index is 12.0. The summed E-state index contributed by atoms with van der Waals surface area (Å²) < 4.78 is 9.84. The topological polar surface area (TPSA) is 71.1 Å². The molecule has 1 saturated heterocycles. The number of benzene rings is 1. The van der Waals surface area contributed by atoms with Crippen molar-refractivity contribution < 1.29 is 19.1 Å². The quantitative estimate of drug-likeness (QED) is 0.895. The van der Waals surface area contributed by atoms with Gasteiger partial charge in [-0.1, -0.05) is 12.1 Å². The molecule has 0 radical (unpaired) electrons. The number of piperazine rings is 1. The van der Waals surface area contributed by atoms with Gasteiger partial charge in [0.2, 0.25) is 5.91 Å². The molecule has 126 valence electrons. The molecule has 2 rings (SSSR count). The first kappa shape index (κ1) is 17.1. The molecule has 1 fully saturated rings. The van der Waals surface area contributed by atoms with Crippen molar-refractivity contribution in [2.24, 2.45) is 0 Å². The third kappa shape index (κ3) is 4.13. The highest BCUT2D eigenvalue weighted by Gasteiger charge is 2.27. The number of carbonyl (C=O) groups excluding carboxylic acids is 2. The number of hydrogen-bond donors (Lipinski definition) is 1.